The van der Waals surface area contributed by atoms with Crippen molar-refractivity contribution in [3.8, 4) is 0 Å². The topological polar surface area (TPSA) is 58.9 Å². The van der Waals surface area contributed by atoms with Crippen LogP contribution < -0.4 is 0 Å². The van der Waals surface area contributed by atoms with Gasteiger partial charge >= 0.3 is 5.97 Å². The number of hydrogen-bond acceptors (Lipinski definition) is 3. The monoisotopic (exact) mass is 401 g/mol. The third-order valence-electron chi connectivity index (χ3n) is 5.45. The van der Waals surface area contributed by atoms with E-state index in [1.807, 2.05) is 70.3 Å². The number of ether oxygens (including phenoxy) is 1. The lowest BCUT2D eigenvalue weighted by atomic mass is 9.83. The molecule has 0 saturated carbocycles. The van der Waals surface area contributed by atoms with E-state index in [0.29, 0.717) is 5.56 Å². The third kappa shape index (κ3) is 3.88. The first-order chi connectivity index (χ1) is 14.2. The van der Waals surface area contributed by atoms with Gasteiger partial charge in [-0.25, -0.2) is 4.79 Å². The van der Waals surface area contributed by atoms with Crippen LogP contribution in [0.2, 0.25) is 0 Å². The molecule has 1 heterocycles. The Kier molecular flexibility index (Phi) is 5.20. The van der Waals surface area contributed by atoms with Gasteiger partial charge in [-0.2, -0.15) is 0 Å². The highest BCUT2D eigenvalue weighted by molar-refractivity contribution is 6.17. The Morgan fingerprint density at radius 3 is 2.63 bits per heavy atom. The predicted octanol–water partition coefficient (Wildman–Crippen LogP) is 5.67. The molecule has 0 aromatic heterocycles. The quantitative estimate of drug-likeness (QED) is 0.718. The van der Waals surface area contributed by atoms with Crippen molar-refractivity contribution in [3.63, 3.8) is 0 Å². The van der Waals surface area contributed by atoms with Gasteiger partial charge < -0.3 is 9.84 Å². The molecule has 0 amide bonds. The van der Waals surface area contributed by atoms with E-state index in [1.54, 1.807) is 0 Å². The molecule has 2 aliphatic rings. The zero-order valence-corrected chi connectivity index (χ0v) is 17.8. The molecule has 1 aliphatic carbocycles. The molecule has 0 radical (unpaired) electrons. The van der Waals surface area contributed by atoms with E-state index >= 15 is 0 Å². The maximum atomic E-state index is 12.3. The van der Waals surface area contributed by atoms with Crippen molar-refractivity contribution in [3.05, 3.63) is 77.4 Å². The number of benzene rings is 2. The summed E-state index contributed by atoms with van der Waals surface area (Å²) in [4.78, 5) is 17.1. The SMILES string of the molecule is Cc1cc2ccccc2c(C2=CC3C=CC=CC3N=C2)c1C(OC(C)(C)C)C(=O)O. The van der Waals surface area contributed by atoms with Gasteiger partial charge in [0.25, 0.3) is 0 Å². The number of nitrogens with zero attached hydrogens (tertiary/aromatic N) is 1. The number of allylic oxidation sites excluding steroid dienone is 3. The second kappa shape index (κ2) is 7.69. The fourth-order valence-corrected chi connectivity index (χ4v) is 4.22. The van der Waals surface area contributed by atoms with Crippen molar-refractivity contribution < 1.29 is 14.6 Å². The molecule has 4 nitrogen and oxygen atoms in total. The molecule has 3 atom stereocenters. The molecule has 30 heavy (non-hydrogen) atoms. The number of dihydropyridines is 1. The number of hydrogen-bond donors (Lipinski definition) is 1. The number of aliphatic carboxylic acids is 1. The molecule has 0 fully saturated rings. The van der Waals surface area contributed by atoms with E-state index in [9.17, 15) is 9.90 Å². The largest absolute Gasteiger partial charge is 0.479 e. The number of carboxylic acid groups (broad SMARTS) is 1. The summed E-state index contributed by atoms with van der Waals surface area (Å²) >= 11 is 0. The number of carboxylic acids is 1. The molecule has 0 saturated heterocycles. The van der Waals surface area contributed by atoms with Crippen LogP contribution in [0.5, 0.6) is 0 Å². The maximum Gasteiger partial charge on any atom is 0.337 e. The summed E-state index contributed by atoms with van der Waals surface area (Å²) in [6, 6.07) is 10.2. The van der Waals surface area contributed by atoms with Gasteiger partial charge in [-0.15, -0.1) is 0 Å². The Morgan fingerprint density at radius 1 is 1.17 bits per heavy atom. The van der Waals surface area contributed by atoms with E-state index in [2.05, 4.69) is 24.3 Å². The number of rotatable bonds is 4. The standard InChI is InChI=1S/C26H27NO3/c1-16-13-17-9-5-7-11-20(17)23(22(16)24(25(28)29)30-26(2,3)4)19-14-18-10-6-8-12-21(18)27-15-19/h5-15,18,21,24H,1-4H3,(H,28,29). The zero-order valence-electron chi connectivity index (χ0n) is 17.8. The first-order valence-corrected chi connectivity index (χ1v) is 10.3. The second-order valence-electron chi connectivity index (χ2n) is 8.89. The summed E-state index contributed by atoms with van der Waals surface area (Å²) in [6.45, 7) is 7.60. The van der Waals surface area contributed by atoms with Crippen LogP contribution in [0, 0.1) is 12.8 Å². The highest BCUT2D eigenvalue weighted by Gasteiger charge is 2.32. The van der Waals surface area contributed by atoms with E-state index in [0.717, 1.165) is 27.5 Å². The fraction of sp³-hybridized carbons (Fsp3) is 0.308. The summed E-state index contributed by atoms with van der Waals surface area (Å²) in [5.41, 5.74) is 2.83. The normalized spacial score (nSPS) is 21.4. The molecule has 0 bridgehead atoms. The Balaban J connectivity index is 1.97. The molecule has 154 valence electrons. The molecular weight excluding hydrogens is 374 g/mol. The molecule has 1 N–H and O–H groups in total. The Bertz CT molecular complexity index is 1120. The maximum absolute atomic E-state index is 12.3. The van der Waals surface area contributed by atoms with E-state index in [1.165, 1.54) is 0 Å². The third-order valence-corrected chi connectivity index (χ3v) is 5.45. The predicted molar refractivity (Wildman–Crippen MR) is 122 cm³/mol. The summed E-state index contributed by atoms with van der Waals surface area (Å²) in [5, 5.41) is 12.2. The molecular formula is C26H27NO3. The van der Waals surface area contributed by atoms with E-state index in [4.69, 9.17) is 9.73 Å². The highest BCUT2D eigenvalue weighted by Crippen LogP contribution is 2.39. The summed E-state index contributed by atoms with van der Waals surface area (Å²) in [5.74, 6) is -0.829. The van der Waals surface area contributed by atoms with Crippen molar-refractivity contribution in [2.45, 2.75) is 45.4 Å². The minimum atomic E-state index is -1.07. The number of carbonyl (C=O) groups is 1. The smallest absolute Gasteiger partial charge is 0.337 e. The summed E-state index contributed by atoms with van der Waals surface area (Å²) in [7, 11) is 0. The number of fused-ring (bicyclic) bond motifs is 2. The van der Waals surface area contributed by atoms with Crippen LogP contribution in [0.25, 0.3) is 16.3 Å². The minimum Gasteiger partial charge on any atom is -0.479 e. The van der Waals surface area contributed by atoms with Crippen molar-refractivity contribution in [2.24, 2.45) is 10.9 Å². The number of aryl methyl sites for hydroxylation is 1. The van der Waals surface area contributed by atoms with Gasteiger partial charge in [0.2, 0.25) is 0 Å². The van der Waals surface area contributed by atoms with Crippen LogP contribution in [0.4, 0.5) is 0 Å². The minimum absolute atomic E-state index is 0.0966. The van der Waals surface area contributed by atoms with Crippen LogP contribution in [0.15, 0.2) is 65.7 Å². The van der Waals surface area contributed by atoms with Crippen LogP contribution in [0.3, 0.4) is 0 Å². The second-order valence-corrected chi connectivity index (χ2v) is 8.89. The fourth-order valence-electron chi connectivity index (χ4n) is 4.22. The molecule has 2 aromatic carbocycles. The number of aliphatic imine (C=N–C) groups is 1. The Labute approximate surface area is 177 Å². The van der Waals surface area contributed by atoms with Gasteiger partial charge in [-0.1, -0.05) is 60.7 Å². The van der Waals surface area contributed by atoms with Gasteiger partial charge in [0.05, 0.1) is 11.6 Å². The molecule has 4 heteroatoms. The average Bonchev–Trinajstić information content (AvgIpc) is 2.70. The Hall–Kier alpha value is -2.98. The lowest BCUT2D eigenvalue weighted by Crippen LogP contribution is -2.29. The summed E-state index contributed by atoms with van der Waals surface area (Å²) < 4.78 is 6.06. The van der Waals surface area contributed by atoms with Crippen LogP contribution in [-0.4, -0.2) is 28.9 Å². The van der Waals surface area contributed by atoms with Crippen molar-refractivity contribution in [1.29, 1.82) is 0 Å². The average molecular weight is 402 g/mol. The highest BCUT2D eigenvalue weighted by atomic mass is 16.5. The molecule has 4 rings (SSSR count). The first kappa shape index (κ1) is 20.3. The summed E-state index contributed by atoms with van der Waals surface area (Å²) in [6.07, 6.45) is 11.3. The lowest BCUT2D eigenvalue weighted by molar-refractivity contribution is -0.160. The van der Waals surface area contributed by atoms with E-state index < -0.39 is 17.7 Å². The molecule has 1 aliphatic heterocycles. The first-order valence-electron chi connectivity index (χ1n) is 10.3. The van der Waals surface area contributed by atoms with Crippen molar-refractivity contribution >= 4 is 28.5 Å². The van der Waals surface area contributed by atoms with Crippen LogP contribution in [-0.2, 0) is 9.53 Å². The van der Waals surface area contributed by atoms with Crippen molar-refractivity contribution in [2.75, 3.05) is 0 Å². The van der Waals surface area contributed by atoms with E-state index in [-0.39, 0.29) is 12.0 Å². The van der Waals surface area contributed by atoms with Crippen LogP contribution in [0.1, 0.15) is 43.6 Å². The van der Waals surface area contributed by atoms with Crippen molar-refractivity contribution in [1.82, 2.24) is 0 Å². The van der Waals surface area contributed by atoms with Gasteiger partial charge in [0.1, 0.15) is 0 Å². The zero-order chi connectivity index (χ0) is 21.5. The van der Waals surface area contributed by atoms with Crippen LogP contribution >= 0.6 is 0 Å². The molecule has 3 unspecified atom stereocenters. The molecule has 0 spiro atoms. The van der Waals surface area contributed by atoms with Gasteiger partial charge in [0.15, 0.2) is 6.10 Å². The lowest BCUT2D eigenvalue weighted by Gasteiger charge is -2.30. The molecule has 2 aromatic rings. The van der Waals surface area contributed by atoms with Gasteiger partial charge in [-0.3, -0.25) is 4.99 Å². The Morgan fingerprint density at radius 2 is 1.90 bits per heavy atom. The van der Waals surface area contributed by atoms with Gasteiger partial charge in [-0.05, 0) is 55.2 Å². The van der Waals surface area contributed by atoms with Gasteiger partial charge in [0, 0.05) is 17.7 Å².